The zero-order valence-corrected chi connectivity index (χ0v) is 10.5. The monoisotopic (exact) mass is 209 g/mol. The van der Waals surface area contributed by atoms with Gasteiger partial charge in [0.05, 0.1) is 12.5 Å². The third-order valence-corrected chi connectivity index (χ3v) is 2.88. The number of hydrogen-bond acceptors (Lipinski definition) is 2. The van der Waals surface area contributed by atoms with E-state index in [2.05, 4.69) is 46.0 Å². The van der Waals surface area contributed by atoms with E-state index >= 15 is 0 Å². The van der Waals surface area contributed by atoms with Crippen LogP contribution in [0.15, 0.2) is 23.0 Å². The minimum absolute atomic E-state index is 0.199. The van der Waals surface area contributed by atoms with Crippen LogP contribution in [0.25, 0.3) is 0 Å². The summed E-state index contributed by atoms with van der Waals surface area (Å²) in [6, 6.07) is 2.05. The molecule has 2 unspecified atom stereocenters. The van der Waals surface area contributed by atoms with Crippen molar-refractivity contribution in [1.82, 2.24) is 5.32 Å². The molecule has 0 radical (unpaired) electrons. The van der Waals surface area contributed by atoms with Gasteiger partial charge in [-0.25, -0.2) is 0 Å². The Labute approximate surface area is 93.1 Å². The quantitative estimate of drug-likeness (QED) is 0.822. The van der Waals surface area contributed by atoms with Gasteiger partial charge in [0.1, 0.15) is 0 Å². The van der Waals surface area contributed by atoms with Gasteiger partial charge < -0.3 is 9.73 Å². The summed E-state index contributed by atoms with van der Waals surface area (Å²) in [4.78, 5) is 0. The molecule has 2 nitrogen and oxygen atoms in total. The molecule has 0 aliphatic rings. The van der Waals surface area contributed by atoms with E-state index in [0.29, 0.717) is 11.8 Å². The molecule has 0 saturated carbocycles. The SMILES string of the molecule is CC(CNC(C)(C)C)C(C)c1ccoc1. The molecule has 0 aliphatic heterocycles. The van der Waals surface area contributed by atoms with E-state index < -0.39 is 0 Å². The van der Waals surface area contributed by atoms with Gasteiger partial charge in [0, 0.05) is 5.54 Å². The molecular formula is C13H23NO. The first-order valence-electron chi connectivity index (χ1n) is 5.67. The number of rotatable bonds is 4. The predicted molar refractivity (Wildman–Crippen MR) is 64.0 cm³/mol. The average Bonchev–Trinajstić information content (AvgIpc) is 2.64. The van der Waals surface area contributed by atoms with Crippen molar-refractivity contribution in [3.05, 3.63) is 24.2 Å². The van der Waals surface area contributed by atoms with E-state index in [9.17, 15) is 0 Å². The minimum atomic E-state index is 0.199. The van der Waals surface area contributed by atoms with Crippen LogP contribution < -0.4 is 5.32 Å². The lowest BCUT2D eigenvalue weighted by molar-refractivity contribution is 0.358. The summed E-state index contributed by atoms with van der Waals surface area (Å²) in [5.41, 5.74) is 1.49. The molecule has 1 N–H and O–H groups in total. The molecule has 86 valence electrons. The second-order valence-corrected chi connectivity index (χ2v) is 5.45. The maximum absolute atomic E-state index is 5.11. The molecule has 0 bridgehead atoms. The van der Waals surface area contributed by atoms with Crippen molar-refractivity contribution in [3.8, 4) is 0 Å². The van der Waals surface area contributed by atoms with Gasteiger partial charge in [0.15, 0.2) is 0 Å². The summed E-state index contributed by atoms with van der Waals surface area (Å²) in [5.74, 6) is 1.15. The van der Waals surface area contributed by atoms with E-state index in [4.69, 9.17) is 4.42 Å². The van der Waals surface area contributed by atoms with Gasteiger partial charge in [-0.2, -0.15) is 0 Å². The molecule has 0 spiro atoms. The number of furan rings is 1. The van der Waals surface area contributed by atoms with E-state index in [-0.39, 0.29) is 5.54 Å². The van der Waals surface area contributed by atoms with E-state index in [1.54, 1.807) is 6.26 Å². The molecule has 0 amide bonds. The van der Waals surface area contributed by atoms with Crippen LogP contribution in [0.5, 0.6) is 0 Å². The molecule has 2 atom stereocenters. The molecule has 1 aromatic heterocycles. The van der Waals surface area contributed by atoms with Crippen LogP contribution in [0, 0.1) is 5.92 Å². The van der Waals surface area contributed by atoms with Crippen molar-refractivity contribution >= 4 is 0 Å². The Balaban J connectivity index is 2.44. The third-order valence-electron chi connectivity index (χ3n) is 2.88. The second-order valence-electron chi connectivity index (χ2n) is 5.45. The van der Waals surface area contributed by atoms with Crippen LogP contribution in [0.2, 0.25) is 0 Å². The lowest BCUT2D eigenvalue weighted by Gasteiger charge is -2.26. The topological polar surface area (TPSA) is 25.2 Å². The highest BCUT2D eigenvalue weighted by molar-refractivity contribution is 5.12. The molecule has 1 aromatic rings. The Kier molecular flexibility index (Phi) is 3.97. The molecule has 15 heavy (non-hydrogen) atoms. The first-order chi connectivity index (χ1) is 6.90. The molecule has 1 rings (SSSR count). The van der Waals surface area contributed by atoms with Crippen molar-refractivity contribution in [3.63, 3.8) is 0 Å². The van der Waals surface area contributed by atoms with Crippen LogP contribution in [0.1, 0.15) is 46.1 Å². The summed E-state index contributed by atoms with van der Waals surface area (Å²) in [7, 11) is 0. The molecule has 0 aromatic carbocycles. The lowest BCUT2D eigenvalue weighted by atomic mass is 9.90. The molecular weight excluding hydrogens is 186 g/mol. The highest BCUT2D eigenvalue weighted by Crippen LogP contribution is 2.24. The number of nitrogens with one attached hydrogen (secondary N) is 1. The van der Waals surface area contributed by atoms with E-state index in [1.165, 1.54) is 5.56 Å². The van der Waals surface area contributed by atoms with Gasteiger partial charge in [-0.1, -0.05) is 13.8 Å². The van der Waals surface area contributed by atoms with Crippen molar-refractivity contribution in [2.24, 2.45) is 5.92 Å². The van der Waals surface area contributed by atoms with E-state index in [0.717, 1.165) is 6.54 Å². The van der Waals surface area contributed by atoms with Crippen molar-refractivity contribution < 1.29 is 4.42 Å². The highest BCUT2D eigenvalue weighted by Gasteiger charge is 2.17. The maximum Gasteiger partial charge on any atom is 0.0937 e. The minimum Gasteiger partial charge on any atom is -0.472 e. The first-order valence-corrected chi connectivity index (χ1v) is 5.67. The van der Waals surface area contributed by atoms with Crippen molar-refractivity contribution in [2.45, 2.75) is 46.1 Å². The van der Waals surface area contributed by atoms with Crippen molar-refractivity contribution in [1.29, 1.82) is 0 Å². The fourth-order valence-corrected chi connectivity index (χ4v) is 1.51. The average molecular weight is 209 g/mol. The lowest BCUT2D eigenvalue weighted by Crippen LogP contribution is -2.39. The van der Waals surface area contributed by atoms with Gasteiger partial charge in [-0.3, -0.25) is 0 Å². The summed E-state index contributed by atoms with van der Waals surface area (Å²) in [6.45, 7) is 12.2. The maximum atomic E-state index is 5.11. The Hall–Kier alpha value is -0.760. The van der Waals surface area contributed by atoms with Gasteiger partial charge >= 0.3 is 0 Å². The van der Waals surface area contributed by atoms with Crippen LogP contribution in [0.3, 0.4) is 0 Å². The normalized spacial score (nSPS) is 16.3. The number of hydrogen-bond donors (Lipinski definition) is 1. The second kappa shape index (κ2) is 4.84. The zero-order valence-electron chi connectivity index (χ0n) is 10.5. The Morgan fingerprint density at radius 2 is 2.00 bits per heavy atom. The van der Waals surface area contributed by atoms with Crippen LogP contribution in [-0.2, 0) is 0 Å². The molecule has 0 aliphatic carbocycles. The zero-order chi connectivity index (χ0) is 11.5. The smallest absolute Gasteiger partial charge is 0.0937 e. The fourth-order valence-electron chi connectivity index (χ4n) is 1.51. The largest absolute Gasteiger partial charge is 0.472 e. The van der Waals surface area contributed by atoms with Gasteiger partial charge in [0.25, 0.3) is 0 Å². The standard InChI is InChI=1S/C13H23NO/c1-10(8-14-13(3,4)5)11(2)12-6-7-15-9-12/h6-7,9-11,14H,8H2,1-5H3. The predicted octanol–water partition coefficient (Wildman–Crippen LogP) is 3.41. The molecule has 2 heteroatoms. The highest BCUT2D eigenvalue weighted by atomic mass is 16.3. The first kappa shape index (κ1) is 12.3. The van der Waals surface area contributed by atoms with Gasteiger partial charge in [0.2, 0.25) is 0 Å². The summed E-state index contributed by atoms with van der Waals surface area (Å²) in [5, 5.41) is 3.53. The summed E-state index contributed by atoms with van der Waals surface area (Å²) >= 11 is 0. The van der Waals surface area contributed by atoms with E-state index in [1.807, 2.05) is 6.26 Å². The molecule has 0 fully saturated rings. The van der Waals surface area contributed by atoms with Crippen molar-refractivity contribution in [2.75, 3.05) is 6.54 Å². The van der Waals surface area contributed by atoms with Gasteiger partial charge in [-0.15, -0.1) is 0 Å². The molecule has 1 heterocycles. The fraction of sp³-hybridized carbons (Fsp3) is 0.692. The Bertz CT molecular complexity index is 271. The Morgan fingerprint density at radius 3 is 2.47 bits per heavy atom. The van der Waals surface area contributed by atoms with Crippen LogP contribution in [-0.4, -0.2) is 12.1 Å². The van der Waals surface area contributed by atoms with Gasteiger partial charge in [-0.05, 0) is 50.8 Å². The van der Waals surface area contributed by atoms with Crippen LogP contribution in [0.4, 0.5) is 0 Å². The van der Waals surface area contributed by atoms with Crippen LogP contribution >= 0.6 is 0 Å². The summed E-state index contributed by atoms with van der Waals surface area (Å²) in [6.07, 6.45) is 3.59. The summed E-state index contributed by atoms with van der Waals surface area (Å²) < 4.78 is 5.11. The third kappa shape index (κ3) is 4.08. The molecule has 0 saturated heterocycles. The Morgan fingerprint density at radius 1 is 1.33 bits per heavy atom.